The molecule has 1 saturated carbocycles. The van der Waals surface area contributed by atoms with E-state index in [1.54, 1.807) is 16.3 Å². The van der Waals surface area contributed by atoms with Crippen LogP contribution in [0.15, 0.2) is 4.79 Å². The second-order valence-electron chi connectivity index (χ2n) is 4.22. The predicted molar refractivity (Wildman–Crippen MR) is 54.2 cm³/mol. The first-order chi connectivity index (χ1) is 6.68. The van der Waals surface area contributed by atoms with Gasteiger partial charge in [0.15, 0.2) is 0 Å². The van der Waals surface area contributed by atoms with Gasteiger partial charge in [-0.3, -0.25) is 4.57 Å². The highest BCUT2D eigenvalue weighted by molar-refractivity contribution is 4.82. The molecule has 0 spiro atoms. The van der Waals surface area contributed by atoms with Crippen molar-refractivity contribution in [3.63, 3.8) is 0 Å². The topological polar surface area (TPSA) is 39.8 Å². The van der Waals surface area contributed by atoms with E-state index in [4.69, 9.17) is 0 Å². The molecule has 0 amide bonds. The smallest absolute Gasteiger partial charge is 0.282 e. The van der Waals surface area contributed by atoms with Gasteiger partial charge in [-0.15, -0.1) is 0 Å². The minimum Gasteiger partial charge on any atom is -0.282 e. The molecule has 1 aromatic rings. The molecule has 2 rings (SSSR count). The first-order valence-corrected chi connectivity index (χ1v) is 5.29. The standard InChI is InChI=1S/C10H17N3O/c1-8-11-13(10(14)12(8)2)7-9-5-3-4-6-9/h9H,3-7H2,1-2H3. The molecule has 1 fully saturated rings. The summed E-state index contributed by atoms with van der Waals surface area (Å²) in [6.07, 6.45) is 5.13. The third-order valence-electron chi connectivity index (χ3n) is 3.16. The Morgan fingerprint density at radius 2 is 2.07 bits per heavy atom. The molecule has 0 atom stereocenters. The molecular weight excluding hydrogens is 178 g/mol. The van der Waals surface area contributed by atoms with Gasteiger partial charge in [0.2, 0.25) is 0 Å². The summed E-state index contributed by atoms with van der Waals surface area (Å²) < 4.78 is 3.22. The van der Waals surface area contributed by atoms with Crippen LogP contribution in [0.5, 0.6) is 0 Å². The summed E-state index contributed by atoms with van der Waals surface area (Å²) in [6.45, 7) is 2.67. The van der Waals surface area contributed by atoms with Crippen LogP contribution in [0.1, 0.15) is 31.5 Å². The van der Waals surface area contributed by atoms with Gasteiger partial charge in [0.05, 0.1) is 0 Å². The summed E-state index contributed by atoms with van der Waals surface area (Å²) in [5.41, 5.74) is 0.0226. The number of rotatable bonds is 2. The largest absolute Gasteiger partial charge is 0.345 e. The summed E-state index contributed by atoms with van der Waals surface area (Å²) in [6, 6.07) is 0. The molecule has 14 heavy (non-hydrogen) atoms. The van der Waals surface area contributed by atoms with E-state index in [0.717, 1.165) is 12.4 Å². The normalized spacial score (nSPS) is 17.9. The molecule has 0 aromatic carbocycles. The Morgan fingerprint density at radius 3 is 2.57 bits per heavy atom. The van der Waals surface area contributed by atoms with Crippen molar-refractivity contribution in [2.45, 2.75) is 39.2 Å². The van der Waals surface area contributed by atoms with Crippen molar-refractivity contribution < 1.29 is 0 Å². The molecule has 1 aliphatic rings. The van der Waals surface area contributed by atoms with E-state index in [-0.39, 0.29) is 5.69 Å². The average molecular weight is 195 g/mol. The Labute approximate surface area is 83.5 Å². The first kappa shape index (κ1) is 9.49. The quantitative estimate of drug-likeness (QED) is 0.708. The van der Waals surface area contributed by atoms with Gasteiger partial charge >= 0.3 is 5.69 Å². The highest BCUT2D eigenvalue weighted by Crippen LogP contribution is 2.25. The Hall–Kier alpha value is -1.06. The lowest BCUT2D eigenvalue weighted by Gasteiger charge is -2.06. The van der Waals surface area contributed by atoms with Crippen LogP contribution in [-0.2, 0) is 13.6 Å². The van der Waals surface area contributed by atoms with Crippen LogP contribution in [0.25, 0.3) is 0 Å². The van der Waals surface area contributed by atoms with Gasteiger partial charge in [0, 0.05) is 13.6 Å². The lowest BCUT2D eigenvalue weighted by atomic mass is 10.1. The summed E-state index contributed by atoms with van der Waals surface area (Å²) in [5.74, 6) is 1.47. The third-order valence-corrected chi connectivity index (χ3v) is 3.16. The Balaban J connectivity index is 2.16. The van der Waals surface area contributed by atoms with E-state index >= 15 is 0 Å². The molecule has 0 aliphatic heterocycles. The predicted octanol–water partition coefficient (Wildman–Crippen LogP) is 1.08. The van der Waals surface area contributed by atoms with Gasteiger partial charge in [0.25, 0.3) is 0 Å². The third kappa shape index (κ3) is 1.61. The first-order valence-electron chi connectivity index (χ1n) is 5.29. The SMILES string of the molecule is Cc1nn(CC2CCCC2)c(=O)n1C. The summed E-state index contributed by atoms with van der Waals surface area (Å²) in [7, 11) is 1.77. The maximum atomic E-state index is 11.6. The number of nitrogens with zero attached hydrogens (tertiary/aromatic N) is 3. The Morgan fingerprint density at radius 1 is 1.43 bits per heavy atom. The van der Waals surface area contributed by atoms with E-state index in [1.165, 1.54) is 25.7 Å². The maximum Gasteiger partial charge on any atom is 0.345 e. The molecule has 0 radical (unpaired) electrons. The molecule has 78 valence electrons. The van der Waals surface area contributed by atoms with E-state index in [1.807, 2.05) is 6.92 Å². The van der Waals surface area contributed by atoms with Gasteiger partial charge in [-0.25, -0.2) is 9.48 Å². The van der Waals surface area contributed by atoms with Crippen LogP contribution in [-0.4, -0.2) is 14.3 Å². The van der Waals surface area contributed by atoms with Crippen LogP contribution in [0.2, 0.25) is 0 Å². The highest BCUT2D eigenvalue weighted by atomic mass is 16.2. The summed E-state index contributed by atoms with van der Waals surface area (Å²) >= 11 is 0. The van der Waals surface area contributed by atoms with E-state index in [9.17, 15) is 4.79 Å². The van der Waals surface area contributed by atoms with Crippen molar-refractivity contribution in [3.8, 4) is 0 Å². The fourth-order valence-electron chi connectivity index (χ4n) is 2.15. The molecular formula is C10H17N3O. The average Bonchev–Trinajstić information content (AvgIpc) is 2.73. The van der Waals surface area contributed by atoms with Gasteiger partial charge < -0.3 is 0 Å². The van der Waals surface area contributed by atoms with Crippen molar-refractivity contribution >= 4 is 0 Å². The molecule has 0 N–H and O–H groups in total. The van der Waals surface area contributed by atoms with Crippen molar-refractivity contribution in [2.75, 3.05) is 0 Å². The molecule has 4 heteroatoms. The van der Waals surface area contributed by atoms with Crippen molar-refractivity contribution in [1.29, 1.82) is 0 Å². The zero-order valence-corrected chi connectivity index (χ0v) is 8.86. The van der Waals surface area contributed by atoms with Crippen molar-refractivity contribution in [1.82, 2.24) is 14.3 Å². The Kier molecular flexibility index (Phi) is 2.44. The van der Waals surface area contributed by atoms with Crippen LogP contribution in [0.4, 0.5) is 0 Å². The summed E-state index contributed by atoms with van der Waals surface area (Å²) in [5, 5.41) is 4.24. The summed E-state index contributed by atoms with van der Waals surface area (Å²) in [4.78, 5) is 11.6. The van der Waals surface area contributed by atoms with Gasteiger partial charge in [-0.05, 0) is 25.7 Å². The molecule has 1 aliphatic carbocycles. The van der Waals surface area contributed by atoms with Gasteiger partial charge in [-0.1, -0.05) is 12.8 Å². The van der Waals surface area contributed by atoms with E-state index in [2.05, 4.69) is 5.10 Å². The molecule has 0 bridgehead atoms. The highest BCUT2D eigenvalue weighted by Gasteiger charge is 2.17. The maximum absolute atomic E-state index is 11.6. The van der Waals surface area contributed by atoms with E-state index in [0.29, 0.717) is 5.92 Å². The van der Waals surface area contributed by atoms with Crippen LogP contribution < -0.4 is 5.69 Å². The Bertz CT molecular complexity index is 371. The molecule has 1 heterocycles. The fourth-order valence-corrected chi connectivity index (χ4v) is 2.15. The zero-order chi connectivity index (χ0) is 10.1. The minimum atomic E-state index is 0.0226. The molecule has 1 aromatic heterocycles. The van der Waals surface area contributed by atoms with Crippen molar-refractivity contribution in [2.24, 2.45) is 13.0 Å². The molecule has 0 unspecified atom stereocenters. The van der Waals surface area contributed by atoms with Crippen LogP contribution in [0.3, 0.4) is 0 Å². The number of aryl methyl sites for hydroxylation is 1. The van der Waals surface area contributed by atoms with E-state index < -0.39 is 0 Å². The second kappa shape index (κ2) is 3.59. The minimum absolute atomic E-state index is 0.0226. The lowest BCUT2D eigenvalue weighted by Crippen LogP contribution is -2.25. The number of hydrogen-bond donors (Lipinski definition) is 0. The second-order valence-corrected chi connectivity index (χ2v) is 4.22. The van der Waals surface area contributed by atoms with Crippen molar-refractivity contribution in [3.05, 3.63) is 16.3 Å². The zero-order valence-electron chi connectivity index (χ0n) is 8.86. The van der Waals surface area contributed by atoms with Crippen LogP contribution in [0, 0.1) is 12.8 Å². The lowest BCUT2D eigenvalue weighted by molar-refractivity contribution is 0.417. The number of hydrogen-bond acceptors (Lipinski definition) is 2. The van der Waals surface area contributed by atoms with Crippen LogP contribution >= 0.6 is 0 Å². The van der Waals surface area contributed by atoms with Gasteiger partial charge in [-0.2, -0.15) is 5.10 Å². The number of aromatic nitrogens is 3. The monoisotopic (exact) mass is 195 g/mol. The van der Waals surface area contributed by atoms with Gasteiger partial charge in [0.1, 0.15) is 5.82 Å². The molecule has 0 saturated heterocycles. The fraction of sp³-hybridized carbons (Fsp3) is 0.800. The molecule has 4 nitrogen and oxygen atoms in total.